The van der Waals surface area contributed by atoms with Crippen LogP contribution in [0.1, 0.15) is 47.2 Å². The standard InChI is InChI=1S/C21H28N4O3/c1-15-10-18(11-16(2)21(15)28-3)20(27)17-6-4-8-24(12-17)19(26)7-5-9-25-14-22-13-23-25/h10-11,13-14,17H,4-9,12H2,1-3H3/t17-/m0/s1. The number of hydrogen-bond donors (Lipinski definition) is 0. The Hall–Kier alpha value is -2.70. The van der Waals surface area contributed by atoms with Crippen LogP contribution in [0.15, 0.2) is 24.8 Å². The summed E-state index contributed by atoms with van der Waals surface area (Å²) < 4.78 is 7.12. The first kappa shape index (κ1) is 20.0. The molecule has 0 unspecified atom stereocenters. The lowest BCUT2D eigenvalue weighted by Crippen LogP contribution is -2.42. The van der Waals surface area contributed by atoms with E-state index in [4.69, 9.17) is 4.74 Å². The van der Waals surface area contributed by atoms with Crippen LogP contribution in [0.2, 0.25) is 0 Å². The van der Waals surface area contributed by atoms with Crippen molar-refractivity contribution in [2.24, 2.45) is 5.92 Å². The molecule has 2 aromatic rings. The maximum absolute atomic E-state index is 13.0. The fourth-order valence-electron chi connectivity index (χ4n) is 3.97. The van der Waals surface area contributed by atoms with E-state index in [1.807, 2.05) is 30.9 Å². The zero-order chi connectivity index (χ0) is 20.1. The number of ketones is 1. The molecule has 0 radical (unpaired) electrons. The van der Waals surface area contributed by atoms with Gasteiger partial charge in [-0.25, -0.2) is 4.98 Å². The minimum atomic E-state index is -0.139. The van der Waals surface area contributed by atoms with E-state index in [1.165, 1.54) is 6.33 Å². The zero-order valence-electron chi connectivity index (χ0n) is 16.9. The van der Waals surface area contributed by atoms with E-state index >= 15 is 0 Å². The number of piperidine rings is 1. The number of amides is 1. The van der Waals surface area contributed by atoms with Crippen LogP contribution in [-0.4, -0.2) is 51.6 Å². The predicted molar refractivity (Wildman–Crippen MR) is 105 cm³/mol. The summed E-state index contributed by atoms with van der Waals surface area (Å²) in [5.41, 5.74) is 2.63. The summed E-state index contributed by atoms with van der Waals surface area (Å²) in [6.45, 7) is 5.81. The number of methoxy groups -OCH3 is 1. The average Bonchev–Trinajstić information content (AvgIpc) is 3.20. The highest BCUT2D eigenvalue weighted by Crippen LogP contribution is 2.28. The number of benzene rings is 1. The Labute approximate surface area is 165 Å². The molecule has 1 aromatic heterocycles. The number of Topliss-reactive ketones (excluding diaryl/α,β-unsaturated/α-hetero) is 1. The van der Waals surface area contributed by atoms with Gasteiger partial charge in [-0.05, 0) is 56.4 Å². The van der Waals surface area contributed by atoms with Gasteiger partial charge < -0.3 is 9.64 Å². The summed E-state index contributed by atoms with van der Waals surface area (Å²) in [4.78, 5) is 31.4. The van der Waals surface area contributed by atoms with Crippen molar-refractivity contribution in [3.8, 4) is 5.75 Å². The van der Waals surface area contributed by atoms with Gasteiger partial charge in [-0.1, -0.05) is 0 Å². The lowest BCUT2D eigenvalue weighted by atomic mass is 9.88. The molecule has 1 aromatic carbocycles. The molecule has 0 N–H and O–H groups in total. The van der Waals surface area contributed by atoms with Crippen LogP contribution in [0.3, 0.4) is 0 Å². The summed E-state index contributed by atoms with van der Waals surface area (Å²) in [7, 11) is 1.64. The van der Waals surface area contributed by atoms with E-state index in [2.05, 4.69) is 10.1 Å². The number of nitrogens with zero attached hydrogens (tertiary/aromatic N) is 4. The highest BCUT2D eigenvalue weighted by molar-refractivity contribution is 5.99. The van der Waals surface area contributed by atoms with Crippen LogP contribution >= 0.6 is 0 Å². The van der Waals surface area contributed by atoms with Gasteiger partial charge in [0.25, 0.3) is 0 Å². The molecule has 150 valence electrons. The summed E-state index contributed by atoms with van der Waals surface area (Å²) >= 11 is 0. The van der Waals surface area contributed by atoms with E-state index in [1.54, 1.807) is 18.1 Å². The van der Waals surface area contributed by atoms with Crippen molar-refractivity contribution >= 4 is 11.7 Å². The highest BCUT2D eigenvalue weighted by atomic mass is 16.5. The number of carbonyl (C=O) groups excluding carboxylic acids is 2. The fraction of sp³-hybridized carbons (Fsp3) is 0.524. The Morgan fingerprint density at radius 1 is 1.25 bits per heavy atom. The summed E-state index contributed by atoms with van der Waals surface area (Å²) in [6, 6.07) is 3.79. The smallest absolute Gasteiger partial charge is 0.222 e. The first-order valence-corrected chi connectivity index (χ1v) is 9.79. The first-order valence-electron chi connectivity index (χ1n) is 9.79. The molecule has 2 heterocycles. The van der Waals surface area contributed by atoms with Crippen molar-refractivity contribution in [2.45, 2.75) is 46.1 Å². The molecule has 3 rings (SSSR count). The quantitative estimate of drug-likeness (QED) is 0.686. The van der Waals surface area contributed by atoms with Crippen LogP contribution in [-0.2, 0) is 11.3 Å². The molecule has 7 heteroatoms. The fourth-order valence-corrected chi connectivity index (χ4v) is 3.97. The monoisotopic (exact) mass is 384 g/mol. The van der Waals surface area contributed by atoms with Crippen LogP contribution in [0.5, 0.6) is 5.75 Å². The Kier molecular flexibility index (Phi) is 6.44. The van der Waals surface area contributed by atoms with Gasteiger partial charge in [0, 0.05) is 37.5 Å². The summed E-state index contributed by atoms with van der Waals surface area (Å²) in [5.74, 6) is 0.915. The topological polar surface area (TPSA) is 77.3 Å². The lowest BCUT2D eigenvalue weighted by Gasteiger charge is -2.32. The molecule has 0 saturated carbocycles. The third-order valence-corrected chi connectivity index (χ3v) is 5.34. The van der Waals surface area contributed by atoms with Gasteiger partial charge >= 0.3 is 0 Å². The van der Waals surface area contributed by atoms with Gasteiger partial charge in [-0.2, -0.15) is 5.10 Å². The maximum atomic E-state index is 13.0. The number of hydrogen-bond acceptors (Lipinski definition) is 5. The zero-order valence-corrected chi connectivity index (χ0v) is 16.9. The Morgan fingerprint density at radius 2 is 2.00 bits per heavy atom. The number of rotatable bonds is 7. The second kappa shape index (κ2) is 8.99. The van der Waals surface area contributed by atoms with E-state index in [0.717, 1.165) is 36.3 Å². The van der Waals surface area contributed by atoms with E-state index < -0.39 is 0 Å². The number of carbonyl (C=O) groups is 2. The molecule has 1 amide bonds. The van der Waals surface area contributed by atoms with E-state index in [0.29, 0.717) is 31.5 Å². The van der Waals surface area contributed by atoms with Crippen molar-refractivity contribution < 1.29 is 14.3 Å². The lowest BCUT2D eigenvalue weighted by molar-refractivity contribution is -0.132. The van der Waals surface area contributed by atoms with Gasteiger partial charge in [0.1, 0.15) is 18.4 Å². The van der Waals surface area contributed by atoms with Gasteiger partial charge in [-0.3, -0.25) is 14.3 Å². The SMILES string of the molecule is COc1c(C)cc(C(=O)[C@H]2CCCN(C(=O)CCCn3cncn3)C2)cc1C. The van der Waals surface area contributed by atoms with Crippen molar-refractivity contribution in [3.05, 3.63) is 41.5 Å². The van der Waals surface area contributed by atoms with Crippen molar-refractivity contribution in [3.63, 3.8) is 0 Å². The Balaban J connectivity index is 1.59. The minimum absolute atomic E-state index is 0.111. The van der Waals surface area contributed by atoms with Crippen LogP contribution in [0.25, 0.3) is 0 Å². The van der Waals surface area contributed by atoms with Gasteiger partial charge in [0.2, 0.25) is 5.91 Å². The van der Waals surface area contributed by atoms with Gasteiger partial charge in [-0.15, -0.1) is 0 Å². The van der Waals surface area contributed by atoms with Crippen LogP contribution < -0.4 is 4.74 Å². The Bertz CT molecular complexity index is 809. The average molecular weight is 384 g/mol. The predicted octanol–water partition coefficient (Wildman–Crippen LogP) is 2.81. The number of aryl methyl sites for hydroxylation is 3. The third-order valence-electron chi connectivity index (χ3n) is 5.34. The third kappa shape index (κ3) is 4.58. The largest absolute Gasteiger partial charge is 0.496 e. The van der Waals surface area contributed by atoms with Gasteiger partial charge in [0.05, 0.1) is 7.11 Å². The van der Waals surface area contributed by atoms with Crippen LogP contribution in [0.4, 0.5) is 0 Å². The molecule has 1 fully saturated rings. The second-order valence-corrected chi connectivity index (χ2v) is 7.45. The van der Waals surface area contributed by atoms with E-state index in [9.17, 15) is 9.59 Å². The number of likely N-dealkylation sites (tertiary alicyclic amines) is 1. The molecule has 28 heavy (non-hydrogen) atoms. The molecular formula is C21H28N4O3. The van der Waals surface area contributed by atoms with E-state index in [-0.39, 0.29) is 17.6 Å². The Morgan fingerprint density at radius 3 is 2.64 bits per heavy atom. The van der Waals surface area contributed by atoms with Gasteiger partial charge in [0.15, 0.2) is 5.78 Å². The molecule has 1 aliphatic rings. The second-order valence-electron chi connectivity index (χ2n) is 7.45. The molecule has 0 spiro atoms. The molecule has 0 aliphatic carbocycles. The van der Waals surface area contributed by atoms with Crippen molar-refractivity contribution in [2.75, 3.05) is 20.2 Å². The maximum Gasteiger partial charge on any atom is 0.222 e. The normalized spacial score (nSPS) is 16.8. The summed E-state index contributed by atoms with van der Waals surface area (Å²) in [5, 5.41) is 4.05. The molecule has 7 nitrogen and oxygen atoms in total. The molecular weight excluding hydrogens is 356 g/mol. The first-order chi connectivity index (χ1) is 13.5. The molecule has 1 saturated heterocycles. The van der Waals surface area contributed by atoms with Crippen LogP contribution in [0, 0.1) is 19.8 Å². The molecule has 1 atom stereocenters. The molecule has 0 bridgehead atoms. The van der Waals surface area contributed by atoms with Crippen molar-refractivity contribution in [1.29, 1.82) is 0 Å². The number of aromatic nitrogens is 3. The summed E-state index contributed by atoms with van der Waals surface area (Å²) in [6.07, 6.45) is 6.00. The highest BCUT2D eigenvalue weighted by Gasteiger charge is 2.29. The molecule has 1 aliphatic heterocycles. The number of ether oxygens (including phenoxy) is 1. The minimum Gasteiger partial charge on any atom is -0.496 e. The van der Waals surface area contributed by atoms with Crippen molar-refractivity contribution in [1.82, 2.24) is 19.7 Å².